The van der Waals surface area contributed by atoms with E-state index in [4.69, 9.17) is 0 Å². The quantitative estimate of drug-likeness (QED) is 0.214. The van der Waals surface area contributed by atoms with Crippen molar-refractivity contribution in [3.8, 4) is 0 Å². The Balaban J connectivity index is 0.00000264. The number of piperidine rings is 3. The lowest BCUT2D eigenvalue weighted by atomic mass is 9.71. The zero-order valence-corrected chi connectivity index (χ0v) is 22.3. The van der Waals surface area contributed by atoms with Crippen LogP contribution in [0.2, 0.25) is 0 Å². The summed E-state index contributed by atoms with van der Waals surface area (Å²) in [4.78, 5) is 4.57. The van der Waals surface area contributed by atoms with Gasteiger partial charge in [-0.3, -0.25) is 4.98 Å². The van der Waals surface area contributed by atoms with Crippen molar-refractivity contribution in [3.05, 3.63) is 115 Å². The van der Waals surface area contributed by atoms with Crippen LogP contribution in [0.3, 0.4) is 0 Å². The van der Waals surface area contributed by atoms with E-state index in [9.17, 15) is 5.11 Å². The summed E-state index contributed by atoms with van der Waals surface area (Å²) < 4.78 is 0.906. The molecule has 3 aliphatic rings. The van der Waals surface area contributed by atoms with Crippen LogP contribution in [0.25, 0.3) is 32.4 Å². The van der Waals surface area contributed by atoms with Crippen LogP contribution in [0.15, 0.2) is 104 Å². The molecule has 3 saturated heterocycles. The summed E-state index contributed by atoms with van der Waals surface area (Å²) >= 11 is 0. The Hall–Kier alpha value is -3.24. The zero-order valence-electron chi connectivity index (χ0n) is 21.5. The standard InChI is InChI=1S/C34H33N2O.ClH/c1-2-23-21-36(22-31-27-11-5-3-9-25(27)19-26-10-4-6-12-28(26)31)18-16-24(23)20-33(36)34(37)30-15-17-35-32-14-8-7-13-29(30)32;/h2-15,17,19,23-24,33-34,37H,1,16,18,20-22H2;1H/q+1;/p-1/t23-,24-,33-,34+,36-;/m0./s1. The van der Waals surface area contributed by atoms with Crippen LogP contribution in [0.1, 0.15) is 30.1 Å². The molecule has 0 amide bonds. The second-order valence-corrected chi connectivity index (χ2v) is 11.2. The van der Waals surface area contributed by atoms with E-state index in [2.05, 4.69) is 78.3 Å². The van der Waals surface area contributed by atoms with Gasteiger partial charge in [-0.15, -0.1) is 6.58 Å². The Kier molecular flexibility index (Phi) is 6.47. The van der Waals surface area contributed by atoms with Crippen LogP contribution in [0.5, 0.6) is 0 Å². The first kappa shape index (κ1) is 25.1. The summed E-state index contributed by atoms with van der Waals surface area (Å²) in [7, 11) is 0. The van der Waals surface area contributed by atoms with Gasteiger partial charge in [-0.2, -0.15) is 0 Å². The maximum Gasteiger partial charge on any atom is 0.131 e. The maximum atomic E-state index is 12.1. The molecule has 4 heteroatoms. The number of aromatic nitrogens is 1. The number of aliphatic hydroxyl groups is 1. The van der Waals surface area contributed by atoms with Crippen LogP contribution in [0, 0.1) is 11.8 Å². The SMILES string of the molecule is C=C[C@H]1C[N@+]2(Cc3c4ccccc4cc4ccccc34)CC[C@H]1C[C@H]2[C@H](O)c1ccnc2ccccc12.[Cl-]. The summed E-state index contributed by atoms with van der Waals surface area (Å²) in [5, 5.41) is 18.4. The van der Waals surface area contributed by atoms with Crippen LogP contribution < -0.4 is 12.4 Å². The lowest BCUT2D eigenvalue weighted by molar-refractivity contribution is -0.984. The molecule has 1 aromatic heterocycles. The maximum absolute atomic E-state index is 12.1. The Morgan fingerprint density at radius 3 is 2.29 bits per heavy atom. The molecular weight excluding hydrogens is 488 g/mol. The number of para-hydroxylation sites is 1. The van der Waals surface area contributed by atoms with Crippen LogP contribution >= 0.6 is 0 Å². The Morgan fingerprint density at radius 2 is 1.58 bits per heavy atom. The molecule has 0 saturated carbocycles. The predicted octanol–water partition coefficient (Wildman–Crippen LogP) is 4.19. The molecular formula is C34H33ClN2O. The molecule has 3 nitrogen and oxygen atoms in total. The summed E-state index contributed by atoms with van der Waals surface area (Å²) in [6, 6.07) is 30.3. The highest BCUT2D eigenvalue weighted by atomic mass is 35.5. The van der Waals surface area contributed by atoms with Crippen LogP contribution in [-0.2, 0) is 6.54 Å². The summed E-state index contributed by atoms with van der Waals surface area (Å²) in [6.07, 6.45) is 5.72. The van der Waals surface area contributed by atoms with E-state index in [1.165, 1.54) is 33.5 Å². The molecule has 3 fully saturated rings. The number of rotatable bonds is 5. The van der Waals surface area contributed by atoms with E-state index in [0.29, 0.717) is 11.8 Å². The van der Waals surface area contributed by atoms with E-state index >= 15 is 0 Å². The third-order valence-electron chi connectivity index (χ3n) is 9.40. The molecule has 0 spiro atoms. The molecule has 0 radical (unpaired) electrons. The number of fused-ring (bicyclic) bond motifs is 6. The van der Waals surface area contributed by atoms with E-state index in [0.717, 1.165) is 47.0 Å². The average molecular weight is 521 g/mol. The Morgan fingerprint density at radius 1 is 0.921 bits per heavy atom. The summed E-state index contributed by atoms with van der Waals surface area (Å²) in [5.41, 5.74) is 3.37. The minimum atomic E-state index is -0.539. The molecule has 4 heterocycles. The molecule has 5 atom stereocenters. The van der Waals surface area contributed by atoms with E-state index < -0.39 is 6.10 Å². The number of nitrogens with zero attached hydrogens (tertiary/aromatic N) is 2. The highest BCUT2D eigenvalue weighted by Crippen LogP contribution is 2.49. The third-order valence-corrected chi connectivity index (χ3v) is 9.40. The average Bonchev–Trinajstić information content (AvgIpc) is 2.96. The number of hydrogen-bond acceptors (Lipinski definition) is 2. The highest BCUT2D eigenvalue weighted by molar-refractivity contribution is 6.02. The largest absolute Gasteiger partial charge is 1.00 e. The number of quaternary nitrogens is 1. The second kappa shape index (κ2) is 9.81. The fraction of sp³-hybridized carbons (Fsp3) is 0.265. The lowest BCUT2D eigenvalue weighted by Gasteiger charge is -2.58. The summed E-state index contributed by atoms with van der Waals surface area (Å²) in [6.45, 7) is 7.28. The van der Waals surface area contributed by atoms with Gasteiger partial charge in [0.05, 0.1) is 18.6 Å². The van der Waals surface area contributed by atoms with E-state index in [1.54, 1.807) is 0 Å². The second-order valence-electron chi connectivity index (χ2n) is 11.2. The molecule has 0 aliphatic carbocycles. The van der Waals surface area contributed by atoms with Gasteiger partial charge in [0.2, 0.25) is 0 Å². The molecule has 38 heavy (non-hydrogen) atoms. The normalized spacial score (nSPS) is 25.3. The molecule has 0 unspecified atom stereocenters. The minimum Gasteiger partial charge on any atom is -1.00 e. The topological polar surface area (TPSA) is 33.1 Å². The molecule has 192 valence electrons. The van der Waals surface area contributed by atoms with Gasteiger partial charge in [0, 0.05) is 35.9 Å². The van der Waals surface area contributed by atoms with Gasteiger partial charge in [0.25, 0.3) is 0 Å². The zero-order chi connectivity index (χ0) is 25.0. The van der Waals surface area contributed by atoms with Gasteiger partial charge >= 0.3 is 0 Å². The van der Waals surface area contributed by atoms with Crippen molar-refractivity contribution in [2.45, 2.75) is 31.5 Å². The van der Waals surface area contributed by atoms with Crippen LogP contribution in [0.4, 0.5) is 0 Å². The van der Waals surface area contributed by atoms with Crippen molar-refractivity contribution in [1.82, 2.24) is 4.98 Å². The van der Waals surface area contributed by atoms with Crippen molar-refractivity contribution in [3.63, 3.8) is 0 Å². The summed E-state index contributed by atoms with van der Waals surface area (Å²) in [5.74, 6) is 1.09. The number of aliphatic hydroxyl groups excluding tert-OH is 1. The highest BCUT2D eigenvalue weighted by Gasteiger charge is 2.54. The van der Waals surface area contributed by atoms with Crippen molar-refractivity contribution in [2.75, 3.05) is 13.1 Å². The third kappa shape index (κ3) is 3.92. The Labute approximate surface area is 230 Å². The number of pyridine rings is 1. The number of benzene rings is 4. The first-order valence-corrected chi connectivity index (χ1v) is 13.6. The molecule has 3 aliphatic heterocycles. The minimum absolute atomic E-state index is 0. The monoisotopic (exact) mass is 520 g/mol. The molecule has 4 aromatic carbocycles. The van der Waals surface area contributed by atoms with Crippen molar-refractivity contribution < 1.29 is 22.0 Å². The van der Waals surface area contributed by atoms with Gasteiger partial charge in [-0.1, -0.05) is 72.8 Å². The van der Waals surface area contributed by atoms with E-state index in [-0.39, 0.29) is 18.4 Å². The van der Waals surface area contributed by atoms with Gasteiger partial charge in [0.1, 0.15) is 18.7 Å². The Bertz CT molecular complexity index is 1590. The fourth-order valence-electron chi connectivity index (χ4n) is 7.56. The van der Waals surface area contributed by atoms with Crippen molar-refractivity contribution >= 4 is 32.4 Å². The van der Waals surface area contributed by atoms with Gasteiger partial charge in [-0.05, 0) is 51.2 Å². The van der Waals surface area contributed by atoms with Gasteiger partial charge in [-0.25, -0.2) is 0 Å². The molecule has 2 bridgehead atoms. The molecule has 8 rings (SSSR count). The van der Waals surface area contributed by atoms with Crippen molar-refractivity contribution in [2.24, 2.45) is 11.8 Å². The fourth-order valence-corrected chi connectivity index (χ4v) is 7.56. The van der Waals surface area contributed by atoms with Gasteiger partial charge < -0.3 is 22.0 Å². The smallest absolute Gasteiger partial charge is 0.131 e. The number of halogens is 1. The predicted molar refractivity (Wildman–Crippen MR) is 152 cm³/mol. The van der Waals surface area contributed by atoms with Gasteiger partial charge in [0.15, 0.2) is 0 Å². The first-order valence-electron chi connectivity index (χ1n) is 13.6. The lowest BCUT2D eigenvalue weighted by Crippen LogP contribution is -3.00. The van der Waals surface area contributed by atoms with Crippen LogP contribution in [-0.4, -0.2) is 33.7 Å². The first-order chi connectivity index (χ1) is 18.2. The van der Waals surface area contributed by atoms with E-state index in [1.807, 2.05) is 30.5 Å². The molecule has 1 N–H and O–H groups in total. The number of hydrogen-bond donors (Lipinski definition) is 1. The molecule has 5 aromatic rings. The van der Waals surface area contributed by atoms with Crippen molar-refractivity contribution in [1.29, 1.82) is 0 Å².